The van der Waals surface area contributed by atoms with Gasteiger partial charge < -0.3 is 10.5 Å². The summed E-state index contributed by atoms with van der Waals surface area (Å²) >= 11 is 0. The van der Waals surface area contributed by atoms with E-state index in [0.717, 1.165) is 19.6 Å². The third-order valence-corrected chi connectivity index (χ3v) is 3.91. The molecule has 18 heavy (non-hydrogen) atoms. The molecule has 0 aliphatic carbocycles. The number of rotatable bonds is 4. The summed E-state index contributed by atoms with van der Waals surface area (Å²) in [5.74, 6) is 0.668. The van der Waals surface area contributed by atoms with Crippen LogP contribution in [0.25, 0.3) is 0 Å². The molecular formula is C15H24N2O. The Morgan fingerprint density at radius 2 is 2.17 bits per heavy atom. The maximum Gasteiger partial charge on any atom is 0.0724 e. The van der Waals surface area contributed by atoms with Crippen molar-refractivity contribution in [3.8, 4) is 0 Å². The highest BCUT2D eigenvalue weighted by Crippen LogP contribution is 2.21. The van der Waals surface area contributed by atoms with Gasteiger partial charge in [-0.2, -0.15) is 0 Å². The van der Waals surface area contributed by atoms with E-state index in [-0.39, 0.29) is 0 Å². The molecule has 0 amide bonds. The van der Waals surface area contributed by atoms with Crippen molar-refractivity contribution in [1.29, 1.82) is 0 Å². The number of hydrogen-bond acceptors (Lipinski definition) is 3. The summed E-state index contributed by atoms with van der Waals surface area (Å²) in [7, 11) is 1.82. The van der Waals surface area contributed by atoms with Crippen molar-refractivity contribution < 1.29 is 4.74 Å². The normalized spacial score (nSPS) is 25.3. The van der Waals surface area contributed by atoms with Crippen LogP contribution in [-0.2, 0) is 17.8 Å². The molecular weight excluding hydrogens is 224 g/mol. The van der Waals surface area contributed by atoms with Crippen LogP contribution in [0, 0.1) is 5.92 Å². The highest BCUT2D eigenvalue weighted by molar-refractivity contribution is 5.23. The van der Waals surface area contributed by atoms with Crippen LogP contribution in [0.3, 0.4) is 0 Å². The fourth-order valence-corrected chi connectivity index (χ4v) is 2.66. The maximum absolute atomic E-state index is 5.68. The van der Waals surface area contributed by atoms with Gasteiger partial charge in [-0.15, -0.1) is 0 Å². The number of methoxy groups -OCH3 is 1. The second-order valence-electron chi connectivity index (χ2n) is 5.30. The van der Waals surface area contributed by atoms with Crippen molar-refractivity contribution in [2.45, 2.75) is 32.5 Å². The van der Waals surface area contributed by atoms with E-state index in [1.54, 1.807) is 0 Å². The van der Waals surface area contributed by atoms with E-state index in [1.165, 1.54) is 17.5 Å². The first-order valence-corrected chi connectivity index (χ1v) is 6.76. The maximum atomic E-state index is 5.68. The Labute approximate surface area is 110 Å². The first-order chi connectivity index (χ1) is 8.72. The molecule has 2 N–H and O–H groups in total. The van der Waals surface area contributed by atoms with Crippen LogP contribution >= 0.6 is 0 Å². The minimum atomic E-state index is 0.372. The molecule has 0 radical (unpaired) electrons. The van der Waals surface area contributed by atoms with E-state index in [0.29, 0.717) is 18.6 Å². The topological polar surface area (TPSA) is 38.5 Å². The Morgan fingerprint density at radius 3 is 2.89 bits per heavy atom. The molecule has 1 heterocycles. The first-order valence-electron chi connectivity index (χ1n) is 6.76. The average molecular weight is 248 g/mol. The predicted octanol–water partition coefficient (Wildman–Crippen LogP) is 2.00. The van der Waals surface area contributed by atoms with Gasteiger partial charge in [0.2, 0.25) is 0 Å². The van der Waals surface area contributed by atoms with Crippen molar-refractivity contribution >= 4 is 0 Å². The van der Waals surface area contributed by atoms with Gasteiger partial charge in [-0.25, -0.2) is 0 Å². The highest BCUT2D eigenvalue weighted by atomic mass is 16.5. The van der Waals surface area contributed by atoms with Gasteiger partial charge in [-0.3, -0.25) is 4.90 Å². The molecule has 1 aliphatic rings. The van der Waals surface area contributed by atoms with Crippen LogP contribution in [0.1, 0.15) is 24.5 Å². The second-order valence-corrected chi connectivity index (χ2v) is 5.30. The van der Waals surface area contributed by atoms with E-state index in [9.17, 15) is 0 Å². The second kappa shape index (κ2) is 6.32. The smallest absolute Gasteiger partial charge is 0.0724 e. The van der Waals surface area contributed by atoms with Gasteiger partial charge in [0.15, 0.2) is 0 Å². The molecule has 3 heteroatoms. The molecule has 3 nitrogen and oxygen atoms in total. The monoisotopic (exact) mass is 248 g/mol. The van der Waals surface area contributed by atoms with Crippen molar-refractivity contribution in [2.75, 3.05) is 20.2 Å². The molecule has 2 unspecified atom stereocenters. The van der Waals surface area contributed by atoms with Crippen molar-refractivity contribution in [3.63, 3.8) is 0 Å². The van der Waals surface area contributed by atoms with Gasteiger partial charge in [0.1, 0.15) is 0 Å². The summed E-state index contributed by atoms with van der Waals surface area (Å²) in [6.45, 7) is 6.09. The molecule has 0 aromatic heterocycles. The quantitative estimate of drug-likeness (QED) is 0.885. The van der Waals surface area contributed by atoms with Gasteiger partial charge in [-0.05, 0) is 30.0 Å². The Hall–Kier alpha value is -0.900. The van der Waals surface area contributed by atoms with Crippen molar-refractivity contribution in [3.05, 3.63) is 35.4 Å². The lowest BCUT2D eigenvalue weighted by Crippen LogP contribution is -2.43. The summed E-state index contributed by atoms with van der Waals surface area (Å²) in [5, 5.41) is 0. The molecule has 2 atom stereocenters. The molecule has 0 spiro atoms. The number of piperidine rings is 1. The lowest BCUT2D eigenvalue weighted by molar-refractivity contribution is -0.00745. The molecule has 0 saturated carbocycles. The van der Waals surface area contributed by atoms with E-state index < -0.39 is 0 Å². The fourth-order valence-electron chi connectivity index (χ4n) is 2.66. The number of nitrogens with zero attached hydrogens (tertiary/aromatic N) is 1. The van der Waals surface area contributed by atoms with Crippen LogP contribution < -0.4 is 5.73 Å². The third kappa shape index (κ3) is 3.31. The lowest BCUT2D eigenvalue weighted by atomic mass is 9.95. The number of ether oxygens (including phenoxy) is 1. The average Bonchev–Trinajstić information content (AvgIpc) is 2.41. The predicted molar refractivity (Wildman–Crippen MR) is 74.2 cm³/mol. The first kappa shape index (κ1) is 13.5. The van der Waals surface area contributed by atoms with Gasteiger partial charge in [-0.1, -0.05) is 31.2 Å². The third-order valence-electron chi connectivity index (χ3n) is 3.91. The molecule has 1 aromatic carbocycles. The van der Waals surface area contributed by atoms with Crippen LogP contribution in [0.15, 0.2) is 24.3 Å². The number of nitrogens with two attached hydrogens (primary N) is 1. The molecule has 1 saturated heterocycles. The van der Waals surface area contributed by atoms with Crippen molar-refractivity contribution in [2.24, 2.45) is 11.7 Å². The Morgan fingerprint density at radius 1 is 1.39 bits per heavy atom. The van der Waals surface area contributed by atoms with Crippen LogP contribution in [0.5, 0.6) is 0 Å². The standard InChI is InChI=1S/C15H24N2O/c1-12-6-7-17(11-15(12)18-2)10-14-5-3-4-13(8-14)9-16/h3-5,8,12,15H,6-7,9-11,16H2,1-2H3. The summed E-state index contributed by atoms with van der Waals surface area (Å²) in [6.07, 6.45) is 1.59. The van der Waals surface area contributed by atoms with Crippen LogP contribution in [0.4, 0.5) is 0 Å². The molecule has 2 rings (SSSR count). The number of hydrogen-bond donors (Lipinski definition) is 1. The Balaban J connectivity index is 1.96. The largest absolute Gasteiger partial charge is 0.380 e. The van der Waals surface area contributed by atoms with E-state index in [1.807, 2.05) is 7.11 Å². The van der Waals surface area contributed by atoms with Gasteiger partial charge in [0.25, 0.3) is 0 Å². The number of likely N-dealkylation sites (tertiary alicyclic amines) is 1. The zero-order chi connectivity index (χ0) is 13.0. The molecule has 0 bridgehead atoms. The molecule has 1 aliphatic heterocycles. The Bertz CT molecular complexity index is 381. The van der Waals surface area contributed by atoms with E-state index in [4.69, 9.17) is 10.5 Å². The molecule has 1 fully saturated rings. The van der Waals surface area contributed by atoms with Crippen LogP contribution in [-0.4, -0.2) is 31.2 Å². The van der Waals surface area contributed by atoms with Crippen molar-refractivity contribution in [1.82, 2.24) is 4.90 Å². The Kier molecular flexibility index (Phi) is 4.75. The van der Waals surface area contributed by atoms with Crippen LogP contribution in [0.2, 0.25) is 0 Å². The van der Waals surface area contributed by atoms with Gasteiger partial charge in [0, 0.05) is 26.7 Å². The minimum absolute atomic E-state index is 0.372. The molecule has 100 valence electrons. The molecule has 1 aromatic rings. The number of benzene rings is 1. The summed E-state index contributed by atoms with van der Waals surface area (Å²) < 4.78 is 5.55. The summed E-state index contributed by atoms with van der Waals surface area (Å²) in [4.78, 5) is 2.48. The van der Waals surface area contributed by atoms with E-state index in [2.05, 4.69) is 36.1 Å². The zero-order valence-electron chi connectivity index (χ0n) is 11.4. The van der Waals surface area contributed by atoms with Gasteiger partial charge >= 0.3 is 0 Å². The van der Waals surface area contributed by atoms with Gasteiger partial charge in [0.05, 0.1) is 6.10 Å². The SMILES string of the molecule is COC1CN(Cc2cccc(CN)c2)CCC1C. The summed E-state index contributed by atoms with van der Waals surface area (Å²) in [5.41, 5.74) is 8.24. The lowest BCUT2D eigenvalue weighted by Gasteiger charge is -2.36. The highest BCUT2D eigenvalue weighted by Gasteiger charge is 2.25. The minimum Gasteiger partial charge on any atom is -0.380 e. The zero-order valence-corrected chi connectivity index (χ0v) is 11.4. The fraction of sp³-hybridized carbons (Fsp3) is 0.600. The summed E-state index contributed by atoms with van der Waals surface area (Å²) in [6, 6.07) is 8.57. The van der Waals surface area contributed by atoms with E-state index >= 15 is 0 Å².